The van der Waals surface area contributed by atoms with Gasteiger partial charge in [-0.15, -0.1) is 11.8 Å². The number of hydrogen-bond acceptors (Lipinski definition) is 2. The van der Waals surface area contributed by atoms with Crippen LogP contribution in [0.4, 0.5) is 4.39 Å². The maximum atomic E-state index is 12.8. The van der Waals surface area contributed by atoms with Crippen LogP contribution >= 0.6 is 11.8 Å². The first-order valence-corrected chi connectivity index (χ1v) is 8.83. The summed E-state index contributed by atoms with van der Waals surface area (Å²) in [6.45, 7) is 2.24. The summed E-state index contributed by atoms with van der Waals surface area (Å²) in [5, 5.41) is 0. The summed E-state index contributed by atoms with van der Waals surface area (Å²) in [5.41, 5.74) is 1.40. The predicted molar refractivity (Wildman–Crippen MR) is 94.0 cm³/mol. The highest BCUT2D eigenvalue weighted by Crippen LogP contribution is 2.19. The van der Waals surface area contributed by atoms with E-state index in [4.69, 9.17) is 0 Å². The standard InChI is InChI=1S/C19H24FNS/c1-21(15-13-17-7-3-2-4-8-17)14-5-6-16-22-19-11-9-18(20)10-12-19/h2-4,7-12H,5-6,13-16H2,1H3. The van der Waals surface area contributed by atoms with E-state index in [0.29, 0.717) is 0 Å². The molecule has 0 atom stereocenters. The summed E-state index contributed by atoms with van der Waals surface area (Å²) in [4.78, 5) is 3.55. The van der Waals surface area contributed by atoms with Crippen LogP contribution in [0.15, 0.2) is 59.5 Å². The number of halogens is 1. The third-order valence-electron chi connectivity index (χ3n) is 3.64. The zero-order valence-corrected chi connectivity index (χ0v) is 14.0. The SMILES string of the molecule is CN(CCCCSc1ccc(F)cc1)CCc1ccccc1. The van der Waals surface area contributed by atoms with Gasteiger partial charge in [-0.05, 0) is 68.4 Å². The fraction of sp³-hybridized carbons (Fsp3) is 0.368. The summed E-state index contributed by atoms with van der Waals surface area (Å²) in [6, 6.07) is 17.4. The Labute approximate surface area is 137 Å². The van der Waals surface area contributed by atoms with Crippen LogP contribution in [0.3, 0.4) is 0 Å². The molecule has 0 N–H and O–H groups in total. The predicted octanol–water partition coefficient (Wildman–Crippen LogP) is 4.87. The minimum atomic E-state index is -0.163. The lowest BCUT2D eigenvalue weighted by Gasteiger charge is -2.16. The third-order valence-corrected chi connectivity index (χ3v) is 4.74. The van der Waals surface area contributed by atoms with Gasteiger partial charge in [-0.1, -0.05) is 30.3 Å². The zero-order chi connectivity index (χ0) is 15.6. The second-order valence-electron chi connectivity index (χ2n) is 5.55. The molecule has 0 aliphatic rings. The number of unbranched alkanes of at least 4 members (excludes halogenated alkanes) is 1. The molecule has 0 spiro atoms. The fourth-order valence-corrected chi connectivity index (χ4v) is 3.19. The molecule has 0 fully saturated rings. The minimum absolute atomic E-state index is 0.163. The Hall–Kier alpha value is -1.32. The van der Waals surface area contributed by atoms with Gasteiger partial charge < -0.3 is 4.90 Å². The molecule has 0 amide bonds. The maximum Gasteiger partial charge on any atom is 0.123 e. The molecule has 0 aliphatic heterocycles. The average molecular weight is 317 g/mol. The van der Waals surface area contributed by atoms with Gasteiger partial charge in [0.2, 0.25) is 0 Å². The van der Waals surface area contributed by atoms with Crippen LogP contribution < -0.4 is 0 Å². The van der Waals surface area contributed by atoms with Crippen molar-refractivity contribution in [3.05, 3.63) is 66.0 Å². The van der Waals surface area contributed by atoms with Crippen molar-refractivity contribution in [1.82, 2.24) is 4.90 Å². The van der Waals surface area contributed by atoms with Gasteiger partial charge in [0.05, 0.1) is 0 Å². The normalized spacial score (nSPS) is 11.0. The highest BCUT2D eigenvalue weighted by atomic mass is 32.2. The van der Waals surface area contributed by atoms with Crippen LogP contribution in [-0.2, 0) is 6.42 Å². The second-order valence-corrected chi connectivity index (χ2v) is 6.72. The number of rotatable bonds is 9. The minimum Gasteiger partial charge on any atom is -0.306 e. The van der Waals surface area contributed by atoms with Gasteiger partial charge in [-0.2, -0.15) is 0 Å². The maximum absolute atomic E-state index is 12.8. The zero-order valence-electron chi connectivity index (χ0n) is 13.2. The number of hydrogen-bond donors (Lipinski definition) is 0. The van der Waals surface area contributed by atoms with Crippen molar-refractivity contribution in [2.75, 3.05) is 25.9 Å². The van der Waals surface area contributed by atoms with Gasteiger partial charge in [0.25, 0.3) is 0 Å². The van der Waals surface area contributed by atoms with Gasteiger partial charge in [0.1, 0.15) is 5.82 Å². The molecule has 0 bridgehead atoms. The monoisotopic (exact) mass is 317 g/mol. The summed E-state index contributed by atoms with van der Waals surface area (Å²) in [5.74, 6) is 0.933. The first kappa shape index (κ1) is 17.0. The Morgan fingerprint density at radius 3 is 2.36 bits per heavy atom. The van der Waals surface area contributed by atoms with E-state index in [9.17, 15) is 4.39 Å². The van der Waals surface area contributed by atoms with Crippen molar-refractivity contribution in [3.63, 3.8) is 0 Å². The molecule has 2 aromatic rings. The van der Waals surface area contributed by atoms with Crippen LogP contribution in [0.1, 0.15) is 18.4 Å². The van der Waals surface area contributed by atoms with Gasteiger partial charge in [-0.25, -0.2) is 4.39 Å². The molecule has 0 heterocycles. The van der Waals surface area contributed by atoms with E-state index in [0.717, 1.165) is 30.2 Å². The summed E-state index contributed by atoms with van der Waals surface area (Å²) < 4.78 is 12.8. The first-order chi connectivity index (χ1) is 10.7. The Morgan fingerprint density at radius 1 is 0.909 bits per heavy atom. The molecule has 3 heteroatoms. The number of likely N-dealkylation sites (N-methyl/N-ethyl adjacent to an activating group) is 1. The number of nitrogens with zero attached hydrogens (tertiary/aromatic N) is 1. The van der Waals surface area contributed by atoms with Crippen molar-refractivity contribution < 1.29 is 4.39 Å². The number of thioether (sulfide) groups is 1. The van der Waals surface area contributed by atoms with Crippen molar-refractivity contribution in [2.24, 2.45) is 0 Å². The number of benzene rings is 2. The first-order valence-electron chi connectivity index (χ1n) is 7.85. The van der Waals surface area contributed by atoms with Gasteiger partial charge in [0.15, 0.2) is 0 Å². The summed E-state index contributed by atoms with van der Waals surface area (Å²) >= 11 is 1.81. The highest BCUT2D eigenvalue weighted by molar-refractivity contribution is 7.99. The molecule has 2 rings (SSSR count). The second kappa shape index (κ2) is 9.65. The van der Waals surface area contributed by atoms with E-state index in [1.807, 2.05) is 12.1 Å². The van der Waals surface area contributed by atoms with Gasteiger partial charge >= 0.3 is 0 Å². The lowest BCUT2D eigenvalue weighted by atomic mass is 10.1. The van der Waals surface area contributed by atoms with Crippen LogP contribution in [0, 0.1) is 5.82 Å². The molecule has 0 radical (unpaired) electrons. The van der Waals surface area contributed by atoms with E-state index in [1.54, 1.807) is 11.8 Å². The Morgan fingerprint density at radius 2 is 1.64 bits per heavy atom. The van der Waals surface area contributed by atoms with Crippen molar-refractivity contribution in [1.29, 1.82) is 0 Å². The highest BCUT2D eigenvalue weighted by Gasteiger charge is 2.00. The molecular formula is C19H24FNS. The third kappa shape index (κ3) is 6.63. The van der Waals surface area contributed by atoms with Gasteiger partial charge in [0, 0.05) is 11.4 Å². The van der Waals surface area contributed by atoms with Crippen molar-refractivity contribution in [2.45, 2.75) is 24.2 Å². The van der Waals surface area contributed by atoms with Crippen LogP contribution in [0.25, 0.3) is 0 Å². The Kier molecular flexibility index (Phi) is 7.47. The lowest BCUT2D eigenvalue weighted by molar-refractivity contribution is 0.332. The van der Waals surface area contributed by atoms with E-state index >= 15 is 0 Å². The molecule has 0 aliphatic carbocycles. The Bertz CT molecular complexity index is 527. The molecular weight excluding hydrogens is 293 g/mol. The van der Waals surface area contributed by atoms with Crippen LogP contribution in [0.2, 0.25) is 0 Å². The van der Waals surface area contributed by atoms with E-state index in [1.165, 1.54) is 30.5 Å². The van der Waals surface area contributed by atoms with Crippen molar-refractivity contribution in [3.8, 4) is 0 Å². The van der Waals surface area contributed by atoms with Crippen molar-refractivity contribution >= 4 is 11.8 Å². The quantitative estimate of drug-likeness (QED) is 0.479. The largest absolute Gasteiger partial charge is 0.306 e. The van der Waals surface area contributed by atoms with E-state index < -0.39 is 0 Å². The molecule has 0 aromatic heterocycles. The fourth-order valence-electron chi connectivity index (χ4n) is 2.28. The molecule has 0 unspecified atom stereocenters. The molecule has 22 heavy (non-hydrogen) atoms. The summed E-state index contributed by atoms with van der Waals surface area (Å²) in [7, 11) is 2.19. The van der Waals surface area contributed by atoms with E-state index in [-0.39, 0.29) is 5.82 Å². The smallest absolute Gasteiger partial charge is 0.123 e. The molecule has 2 aromatic carbocycles. The van der Waals surface area contributed by atoms with Gasteiger partial charge in [-0.3, -0.25) is 0 Å². The van der Waals surface area contributed by atoms with Crippen LogP contribution in [-0.4, -0.2) is 30.8 Å². The molecule has 118 valence electrons. The topological polar surface area (TPSA) is 3.24 Å². The molecule has 1 nitrogen and oxygen atoms in total. The molecule has 0 saturated heterocycles. The average Bonchev–Trinajstić information content (AvgIpc) is 2.55. The summed E-state index contributed by atoms with van der Waals surface area (Å²) in [6.07, 6.45) is 3.51. The lowest BCUT2D eigenvalue weighted by Crippen LogP contribution is -2.22. The van der Waals surface area contributed by atoms with Crippen LogP contribution in [0.5, 0.6) is 0 Å². The van der Waals surface area contributed by atoms with E-state index in [2.05, 4.69) is 42.3 Å². The Balaban J connectivity index is 1.53. The molecule has 0 saturated carbocycles.